The van der Waals surface area contributed by atoms with Crippen molar-refractivity contribution < 1.29 is 9.84 Å². The van der Waals surface area contributed by atoms with Crippen molar-refractivity contribution in [1.82, 2.24) is 5.32 Å². The average molecular weight is 265 g/mol. The second kappa shape index (κ2) is 6.40. The number of benzene rings is 1. The molecule has 0 aromatic heterocycles. The SMILES string of the molecule is COc1cc(C)c(CNC(C)(C)CO)cc1C(C)C. The van der Waals surface area contributed by atoms with Crippen molar-refractivity contribution in [3.8, 4) is 5.75 Å². The van der Waals surface area contributed by atoms with Crippen LogP contribution in [0.4, 0.5) is 0 Å². The van der Waals surface area contributed by atoms with Crippen LogP contribution in [0.3, 0.4) is 0 Å². The first kappa shape index (κ1) is 16.0. The molecule has 0 spiro atoms. The van der Waals surface area contributed by atoms with E-state index in [1.165, 1.54) is 16.7 Å². The zero-order chi connectivity index (χ0) is 14.6. The molecule has 0 aliphatic rings. The highest BCUT2D eigenvalue weighted by molar-refractivity contribution is 5.43. The first-order valence-electron chi connectivity index (χ1n) is 6.84. The molecule has 1 rings (SSSR count). The lowest BCUT2D eigenvalue weighted by molar-refractivity contribution is 0.187. The van der Waals surface area contributed by atoms with E-state index < -0.39 is 0 Å². The van der Waals surface area contributed by atoms with Gasteiger partial charge in [-0.05, 0) is 49.4 Å². The summed E-state index contributed by atoms with van der Waals surface area (Å²) in [6.45, 7) is 11.3. The summed E-state index contributed by atoms with van der Waals surface area (Å²) in [4.78, 5) is 0. The molecular formula is C16H27NO2. The van der Waals surface area contributed by atoms with E-state index in [2.05, 4.69) is 38.2 Å². The molecule has 0 amide bonds. The molecule has 0 unspecified atom stereocenters. The van der Waals surface area contributed by atoms with Crippen LogP contribution >= 0.6 is 0 Å². The molecule has 0 fully saturated rings. The Hall–Kier alpha value is -1.06. The summed E-state index contributed by atoms with van der Waals surface area (Å²) in [5.41, 5.74) is 3.44. The fraction of sp³-hybridized carbons (Fsp3) is 0.625. The lowest BCUT2D eigenvalue weighted by Gasteiger charge is -2.25. The maximum Gasteiger partial charge on any atom is 0.122 e. The lowest BCUT2D eigenvalue weighted by Crippen LogP contribution is -2.42. The van der Waals surface area contributed by atoms with Crippen molar-refractivity contribution in [2.75, 3.05) is 13.7 Å². The van der Waals surface area contributed by atoms with Gasteiger partial charge >= 0.3 is 0 Å². The molecule has 3 nitrogen and oxygen atoms in total. The van der Waals surface area contributed by atoms with Gasteiger partial charge in [0.05, 0.1) is 13.7 Å². The minimum Gasteiger partial charge on any atom is -0.496 e. The van der Waals surface area contributed by atoms with E-state index in [9.17, 15) is 5.11 Å². The van der Waals surface area contributed by atoms with E-state index in [1.54, 1.807) is 7.11 Å². The fourth-order valence-electron chi connectivity index (χ4n) is 1.95. The molecule has 0 aliphatic heterocycles. The molecule has 1 aromatic carbocycles. The molecule has 0 heterocycles. The van der Waals surface area contributed by atoms with Crippen LogP contribution in [0.1, 0.15) is 50.3 Å². The van der Waals surface area contributed by atoms with Gasteiger partial charge in [-0.1, -0.05) is 19.9 Å². The van der Waals surface area contributed by atoms with Crippen LogP contribution in [0.15, 0.2) is 12.1 Å². The molecule has 0 atom stereocenters. The predicted molar refractivity (Wildman–Crippen MR) is 79.8 cm³/mol. The van der Waals surface area contributed by atoms with Gasteiger partial charge in [-0.3, -0.25) is 0 Å². The van der Waals surface area contributed by atoms with Crippen molar-refractivity contribution in [3.05, 3.63) is 28.8 Å². The standard InChI is InChI=1S/C16H27NO2/c1-11(2)14-8-13(9-17-16(4,5)10-18)12(3)7-15(14)19-6/h7-8,11,17-18H,9-10H2,1-6H3. The average Bonchev–Trinajstić information content (AvgIpc) is 2.36. The van der Waals surface area contributed by atoms with Crippen LogP contribution in [-0.4, -0.2) is 24.4 Å². The van der Waals surface area contributed by atoms with Gasteiger partial charge in [-0.2, -0.15) is 0 Å². The Kier molecular flexibility index (Phi) is 5.39. The number of aliphatic hydroxyl groups excluding tert-OH is 1. The first-order chi connectivity index (χ1) is 8.80. The number of nitrogens with one attached hydrogen (secondary N) is 1. The van der Waals surface area contributed by atoms with Gasteiger partial charge in [-0.15, -0.1) is 0 Å². The Bertz CT molecular complexity index is 425. The smallest absolute Gasteiger partial charge is 0.122 e. The molecule has 3 heteroatoms. The van der Waals surface area contributed by atoms with Crippen LogP contribution in [0, 0.1) is 6.92 Å². The number of methoxy groups -OCH3 is 1. The Morgan fingerprint density at radius 2 is 1.95 bits per heavy atom. The largest absolute Gasteiger partial charge is 0.496 e. The normalized spacial score (nSPS) is 12.0. The number of hydrogen-bond acceptors (Lipinski definition) is 3. The van der Waals surface area contributed by atoms with Crippen LogP contribution in [0.5, 0.6) is 5.75 Å². The second-order valence-corrected chi connectivity index (χ2v) is 6.07. The second-order valence-electron chi connectivity index (χ2n) is 6.07. The zero-order valence-corrected chi connectivity index (χ0v) is 13.0. The third-order valence-electron chi connectivity index (χ3n) is 3.46. The summed E-state index contributed by atoms with van der Waals surface area (Å²) < 4.78 is 5.45. The van der Waals surface area contributed by atoms with Crippen molar-refractivity contribution in [2.45, 2.75) is 52.6 Å². The van der Waals surface area contributed by atoms with Crippen LogP contribution in [0.2, 0.25) is 0 Å². The van der Waals surface area contributed by atoms with Gasteiger partial charge in [0.2, 0.25) is 0 Å². The fourth-order valence-corrected chi connectivity index (χ4v) is 1.95. The Morgan fingerprint density at radius 3 is 2.42 bits per heavy atom. The highest BCUT2D eigenvalue weighted by Crippen LogP contribution is 2.29. The van der Waals surface area contributed by atoms with E-state index >= 15 is 0 Å². The van der Waals surface area contributed by atoms with E-state index in [1.807, 2.05) is 13.8 Å². The molecule has 0 saturated carbocycles. The number of ether oxygens (including phenoxy) is 1. The minimum atomic E-state index is -0.260. The molecular weight excluding hydrogens is 238 g/mol. The Morgan fingerprint density at radius 1 is 1.32 bits per heavy atom. The molecule has 0 radical (unpaired) electrons. The van der Waals surface area contributed by atoms with Crippen LogP contribution < -0.4 is 10.1 Å². The third kappa shape index (κ3) is 4.22. The molecule has 1 aromatic rings. The Balaban J connectivity index is 2.99. The predicted octanol–water partition coefficient (Wildman–Crippen LogP) is 2.99. The van der Waals surface area contributed by atoms with Gasteiger partial charge < -0.3 is 15.2 Å². The van der Waals surface area contributed by atoms with Crippen molar-refractivity contribution in [2.24, 2.45) is 0 Å². The summed E-state index contributed by atoms with van der Waals surface area (Å²) in [6.07, 6.45) is 0. The summed E-state index contributed by atoms with van der Waals surface area (Å²) >= 11 is 0. The molecule has 0 aliphatic carbocycles. The molecule has 19 heavy (non-hydrogen) atoms. The summed E-state index contributed by atoms with van der Waals surface area (Å²) in [6, 6.07) is 4.30. The number of aryl methyl sites for hydroxylation is 1. The van der Waals surface area contributed by atoms with Gasteiger partial charge in [0.1, 0.15) is 5.75 Å². The van der Waals surface area contributed by atoms with Crippen LogP contribution in [0.25, 0.3) is 0 Å². The summed E-state index contributed by atoms with van der Waals surface area (Å²) in [7, 11) is 1.72. The first-order valence-corrected chi connectivity index (χ1v) is 6.84. The summed E-state index contributed by atoms with van der Waals surface area (Å²) in [5, 5.41) is 12.7. The highest BCUT2D eigenvalue weighted by Gasteiger charge is 2.17. The van der Waals surface area contributed by atoms with Gasteiger partial charge in [0.25, 0.3) is 0 Å². The Labute approximate surface area is 117 Å². The number of hydrogen-bond donors (Lipinski definition) is 2. The monoisotopic (exact) mass is 265 g/mol. The maximum atomic E-state index is 9.28. The molecule has 0 bridgehead atoms. The lowest BCUT2D eigenvalue weighted by atomic mass is 9.96. The maximum absolute atomic E-state index is 9.28. The van der Waals surface area contributed by atoms with Crippen molar-refractivity contribution in [1.29, 1.82) is 0 Å². The van der Waals surface area contributed by atoms with Crippen molar-refractivity contribution >= 4 is 0 Å². The quantitative estimate of drug-likeness (QED) is 0.831. The molecule has 2 N–H and O–H groups in total. The molecule has 0 saturated heterocycles. The summed E-state index contributed by atoms with van der Waals surface area (Å²) in [5.74, 6) is 1.39. The van der Waals surface area contributed by atoms with Crippen LogP contribution in [-0.2, 0) is 6.54 Å². The van der Waals surface area contributed by atoms with Crippen molar-refractivity contribution in [3.63, 3.8) is 0 Å². The molecule has 108 valence electrons. The topological polar surface area (TPSA) is 41.5 Å². The van der Waals surface area contributed by atoms with Gasteiger partial charge in [0.15, 0.2) is 0 Å². The van der Waals surface area contributed by atoms with E-state index in [0.29, 0.717) is 5.92 Å². The van der Waals surface area contributed by atoms with Gasteiger partial charge in [0, 0.05) is 12.1 Å². The number of rotatable bonds is 6. The highest BCUT2D eigenvalue weighted by atomic mass is 16.5. The van der Waals surface area contributed by atoms with E-state index in [0.717, 1.165) is 12.3 Å². The number of aliphatic hydroxyl groups is 1. The van der Waals surface area contributed by atoms with E-state index in [4.69, 9.17) is 4.74 Å². The minimum absolute atomic E-state index is 0.124. The van der Waals surface area contributed by atoms with E-state index in [-0.39, 0.29) is 12.1 Å². The third-order valence-corrected chi connectivity index (χ3v) is 3.46. The zero-order valence-electron chi connectivity index (χ0n) is 13.0. The van der Waals surface area contributed by atoms with Gasteiger partial charge in [-0.25, -0.2) is 0 Å².